The van der Waals surface area contributed by atoms with Crippen LogP contribution < -0.4 is 20.4 Å². The van der Waals surface area contributed by atoms with Crippen molar-refractivity contribution in [3.05, 3.63) is 66.0 Å². The number of halogens is 3. The summed E-state index contributed by atoms with van der Waals surface area (Å²) in [7, 11) is 1.54. The molecule has 5 nitrogen and oxygen atoms in total. The van der Waals surface area contributed by atoms with Crippen LogP contribution >= 0.6 is 0 Å². The topological polar surface area (TPSA) is 54.1 Å². The molecule has 0 aromatic heterocycles. The molecule has 5 rings (SSSR count). The van der Waals surface area contributed by atoms with E-state index in [1.165, 1.54) is 5.01 Å². The molecule has 162 valence electrons. The van der Waals surface area contributed by atoms with Gasteiger partial charge in [-0.1, -0.05) is 12.1 Å². The largest absolute Gasteiger partial charge is 0.497 e. The number of benzene rings is 2. The van der Waals surface area contributed by atoms with Crippen molar-refractivity contribution < 1.29 is 17.9 Å². The molecule has 2 N–H and O–H groups in total. The zero-order valence-electron chi connectivity index (χ0n) is 17.1. The minimum atomic E-state index is -4.48. The number of allylic oxidation sites excluding steroid dienone is 1. The molecule has 8 heteroatoms. The van der Waals surface area contributed by atoms with Crippen LogP contribution in [0.25, 0.3) is 0 Å². The molecule has 1 aliphatic carbocycles. The number of hydrogen-bond acceptors (Lipinski definition) is 5. The summed E-state index contributed by atoms with van der Waals surface area (Å²) in [5, 5.41) is 5.38. The molecule has 1 atom stereocenters. The van der Waals surface area contributed by atoms with Gasteiger partial charge in [0.25, 0.3) is 0 Å². The van der Waals surface area contributed by atoms with E-state index in [-0.39, 0.29) is 5.54 Å². The van der Waals surface area contributed by atoms with E-state index in [0.29, 0.717) is 30.1 Å². The number of hydrazone groups is 1. The van der Waals surface area contributed by atoms with Gasteiger partial charge < -0.3 is 15.4 Å². The van der Waals surface area contributed by atoms with Gasteiger partial charge in [0.2, 0.25) is 0 Å². The number of ether oxygens (including phenoxy) is 1. The van der Waals surface area contributed by atoms with Gasteiger partial charge in [-0.3, -0.25) is 0 Å². The Hall–Kier alpha value is -3.00. The Morgan fingerprint density at radius 1 is 1.03 bits per heavy atom. The summed E-state index contributed by atoms with van der Waals surface area (Å²) < 4.78 is 46.2. The second-order valence-corrected chi connectivity index (χ2v) is 8.28. The Morgan fingerprint density at radius 3 is 2.26 bits per heavy atom. The summed E-state index contributed by atoms with van der Waals surface area (Å²) in [6.45, 7) is 0.479. The third-order valence-electron chi connectivity index (χ3n) is 6.26. The summed E-state index contributed by atoms with van der Waals surface area (Å²) in [6, 6.07) is 14.8. The van der Waals surface area contributed by atoms with E-state index in [2.05, 4.69) is 5.10 Å². The highest BCUT2D eigenvalue weighted by Gasteiger charge is 2.49. The number of nitrogens with zero attached hydrogens (tertiary/aromatic N) is 3. The van der Waals surface area contributed by atoms with Crippen LogP contribution in [0.2, 0.25) is 0 Å². The molecule has 0 radical (unpaired) electrons. The fraction of sp³-hybridized carbons (Fsp3) is 0.348. The maximum atomic E-state index is 13.7. The molecule has 2 aromatic rings. The molecule has 1 fully saturated rings. The van der Waals surface area contributed by atoms with Gasteiger partial charge in [-0.2, -0.15) is 18.3 Å². The van der Waals surface area contributed by atoms with E-state index in [0.717, 1.165) is 24.1 Å². The van der Waals surface area contributed by atoms with E-state index < -0.39 is 17.8 Å². The quantitative estimate of drug-likeness (QED) is 0.764. The monoisotopic (exact) mass is 428 g/mol. The molecule has 0 spiro atoms. The molecule has 2 aromatic carbocycles. The smallest absolute Gasteiger partial charge is 0.431 e. The Bertz CT molecular complexity index is 1040. The standard InChI is InChI=1S/C23H23F3N4O/c1-31-18-8-6-17(7-9-18)30-20-14-29(13-10-19(20)21(28-30)23(24,25)26)16-4-2-15(3-5-16)22(27)11-12-22/h2-9,14,19H,10-13,27H2,1H3. The number of nitrogens with two attached hydrogens (primary N) is 1. The third kappa shape index (κ3) is 3.54. The Morgan fingerprint density at radius 2 is 1.68 bits per heavy atom. The van der Waals surface area contributed by atoms with Crippen LogP contribution in [-0.4, -0.2) is 25.5 Å². The maximum absolute atomic E-state index is 13.7. The van der Waals surface area contributed by atoms with E-state index >= 15 is 0 Å². The average Bonchev–Trinajstić information content (AvgIpc) is 3.40. The Labute approximate surface area is 178 Å². The van der Waals surface area contributed by atoms with Crippen molar-refractivity contribution in [3.63, 3.8) is 0 Å². The van der Waals surface area contributed by atoms with Gasteiger partial charge in [0.05, 0.1) is 24.4 Å². The molecule has 3 aliphatic rings. The molecular weight excluding hydrogens is 405 g/mol. The number of hydrogen-bond donors (Lipinski definition) is 1. The highest BCUT2D eigenvalue weighted by atomic mass is 19.4. The lowest BCUT2D eigenvalue weighted by atomic mass is 9.93. The fourth-order valence-corrected chi connectivity index (χ4v) is 4.24. The molecule has 0 amide bonds. The van der Waals surface area contributed by atoms with Crippen LogP contribution in [0, 0.1) is 5.92 Å². The molecule has 1 saturated carbocycles. The van der Waals surface area contributed by atoms with Crippen LogP contribution in [0.1, 0.15) is 24.8 Å². The normalized spacial score (nSPS) is 22.0. The van der Waals surface area contributed by atoms with E-state index in [1.54, 1.807) is 37.6 Å². The lowest BCUT2D eigenvalue weighted by molar-refractivity contribution is -0.0618. The van der Waals surface area contributed by atoms with E-state index in [4.69, 9.17) is 10.5 Å². The molecule has 0 bridgehead atoms. The highest BCUT2D eigenvalue weighted by Crippen LogP contribution is 2.44. The van der Waals surface area contributed by atoms with Gasteiger partial charge in [-0.25, -0.2) is 5.01 Å². The molecular formula is C23H23F3N4O. The van der Waals surface area contributed by atoms with Crippen LogP contribution in [0.4, 0.5) is 24.5 Å². The van der Waals surface area contributed by atoms with Crippen molar-refractivity contribution in [1.82, 2.24) is 0 Å². The van der Waals surface area contributed by atoms with Crippen LogP contribution in [0.5, 0.6) is 5.75 Å². The zero-order chi connectivity index (χ0) is 21.8. The number of anilines is 2. The summed E-state index contributed by atoms with van der Waals surface area (Å²) in [5.74, 6) is -0.149. The lowest BCUT2D eigenvalue weighted by Gasteiger charge is -2.32. The zero-order valence-corrected chi connectivity index (χ0v) is 17.1. The average molecular weight is 428 g/mol. The van der Waals surface area contributed by atoms with Gasteiger partial charge in [-0.05, 0) is 61.2 Å². The molecule has 2 aliphatic heterocycles. The Kier molecular flexibility index (Phi) is 4.51. The summed E-state index contributed by atoms with van der Waals surface area (Å²) in [4.78, 5) is 1.98. The Balaban J connectivity index is 1.49. The first-order valence-corrected chi connectivity index (χ1v) is 10.3. The third-order valence-corrected chi connectivity index (χ3v) is 6.26. The summed E-state index contributed by atoms with van der Waals surface area (Å²) >= 11 is 0. The fourth-order valence-electron chi connectivity index (χ4n) is 4.24. The predicted octanol–water partition coefficient (Wildman–Crippen LogP) is 4.75. The second-order valence-electron chi connectivity index (χ2n) is 8.28. The van der Waals surface area contributed by atoms with Crippen LogP contribution in [-0.2, 0) is 5.54 Å². The first-order valence-electron chi connectivity index (χ1n) is 10.3. The summed E-state index contributed by atoms with van der Waals surface area (Å²) in [5.41, 5.74) is 8.41. The van der Waals surface area contributed by atoms with Crippen molar-refractivity contribution >= 4 is 17.1 Å². The number of methoxy groups -OCH3 is 1. The van der Waals surface area contributed by atoms with Gasteiger partial charge in [-0.15, -0.1) is 0 Å². The van der Waals surface area contributed by atoms with Crippen molar-refractivity contribution in [2.75, 3.05) is 23.6 Å². The molecule has 31 heavy (non-hydrogen) atoms. The molecule has 0 saturated heterocycles. The lowest BCUT2D eigenvalue weighted by Crippen LogP contribution is -2.36. The SMILES string of the molecule is COc1ccc(N2N=C(C(F)(F)F)C3CCN(c4ccc(C5(N)CC5)cc4)C=C32)cc1. The second kappa shape index (κ2) is 7.02. The minimum Gasteiger partial charge on any atom is -0.497 e. The minimum absolute atomic E-state index is 0.212. The van der Waals surface area contributed by atoms with E-state index in [1.807, 2.05) is 29.2 Å². The number of rotatable bonds is 4. The molecule has 2 heterocycles. The predicted molar refractivity (Wildman–Crippen MR) is 114 cm³/mol. The summed E-state index contributed by atoms with van der Waals surface area (Å²) in [6.07, 6.45) is -0.398. The first kappa shape index (κ1) is 19.9. The van der Waals surface area contributed by atoms with E-state index in [9.17, 15) is 13.2 Å². The maximum Gasteiger partial charge on any atom is 0.431 e. The molecule has 1 unspecified atom stereocenters. The van der Waals surface area contributed by atoms with Gasteiger partial charge in [0.1, 0.15) is 5.75 Å². The van der Waals surface area contributed by atoms with Crippen LogP contribution in [0.3, 0.4) is 0 Å². The van der Waals surface area contributed by atoms with Crippen molar-refractivity contribution in [1.29, 1.82) is 0 Å². The van der Waals surface area contributed by atoms with Crippen molar-refractivity contribution in [3.8, 4) is 5.75 Å². The van der Waals surface area contributed by atoms with Crippen LogP contribution in [0.15, 0.2) is 65.5 Å². The number of alkyl halides is 3. The van der Waals surface area contributed by atoms with Gasteiger partial charge in [0, 0.05) is 24.0 Å². The van der Waals surface area contributed by atoms with Crippen molar-refractivity contribution in [2.45, 2.75) is 31.0 Å². The van der Waals surface area contributed by atoms with Gasteiger partial charge in [0.15, 0.2) is 5.71 Å². The van der Waals surface area contributed by atoms with Crippen molar-refractivity contribution in [2.24, 2.45) is 16.8 Å². The first-order chi connectivity index (χ1) is 14.8. The number of fused-ring (bicyclic) bond motifs is 1. The van der Waals surface area contributed by atoms with Gasteiger partial charge >= 0.3 is 6.18 Å². The highest BCUT2D eigenvalue weighted by molar-refractivity contribution is 5.98.